The topological polar surface area (TPSA) is 65.5 Å². The van der Waals surface area contributed by atoms with Gasteiger partial charge in [0.15, 0.2) is 0 Å². The number of rotatable bonds is 4. The first kappa shape index (κ1) is 16.0. The maximum absolute atomic E-state index is 12.3. The molecule has 1 N–H and O–H groups in total. The summed E-state index contributed by atoms with van der Waals surface area (Å²) in [7, 11) is 3.67. The molecule has 2 amide bonds. The molecule has 1 atom stereocenters. The van der Waals surface area contributed by atoms with Crippen LogP contribution in [0.1, 0.15) is 16.8 Å². The molecule has 2 aromatic rings. The minimum Gasteiger partial charge on any atom is -0.347 e. The minimum atomic E-state index is -0.204. The Balaban J connectivity index is 1.66. The Morgan fingerprint density at radius 1 is 1.25 bits per heavy atom. The summed E-state index contributed by atoms with van der Waals surface area (Å²) in [5, 5.41) is 2.88. The van der Waals surface area contributed by atoms with Crippen molar-refractivity contribution in [2.75, 3.05) is 25.5 Å². The molecule has 3 rings (SSSR count). The third-order valence-corrected chi connectivity index (χ3v) is 4.17. The number of benzene rings is 1. The number of para-hydroxylation sites is 1. The van der Waals surface area contributed by atoms with Gasteiger partial charge in [-0.1, -0.05) is 18.2 Å². The maximum atomic E-state index is 12.3. The van der Waals surface area contributed by atoms with E-state index in [-0.39, 0.29) is 17.9 Å². The normalized spacial score (nSPS) is 17.0. The van der Waals surface area contributed by atoms with Gasteiger partial charge in [-0.15, -0.1) is 0 Å². The standard InChI is InChI=1S/C18H20N4O2/c1-21-12-14(10-17(21)23)20-18(24)13-8-9-16(19-11-13)22(2)15-6-4-3-5-7-15/h3-9,11,14H,10,12H2,1-2H3,(H,20,24). The first-order valence-electron chi connectivity index (χ1n) is 7.84. The first-order valence-corrected chi connectivity index (χ1v) is 7.84. The summed E-state index contributed by atoms with van der Waals surface area (Å²) >= 11 is 0. The van der Waals surface area contributed by atoms with Crippen LogP contribution in [0.3, 0.4) is 0 Å². The molecule has 1 aliphatic heterocycles. The molecule has 2 heterocycles. The van der Waals surface area contributed by atoms with E-state index in [0.29, 0.717) is 18.5 Å². The molecule has 1 aliphatic rings. The summed E-state index contributed by atoms with van der Waals surface area (Å²) in [6, 6.07) is 13.3. The van der Waals surface area contributed by atoms with E-state index < -0.39 is 0 Å². The lowest BCUT2D eigenvalue weighted by Crippen LogP contribution is -2.36. The summed E-state index contributed by atoms with van der Waals surface area (Å²) < 4.78 is 0. The number of hydrogen-bond donors (Lipinski definition) is 1. The monoisotopic (exact) mass is 324 g/mol. The SMILES string of the molecule is CN1CC(NC(=O)c2ccc(N(C)c3ccccc3)nc2)CC1=O. The van der Waals surface area contributed by atoms with Gasteiger partial charge in [0.05, 0.1) is 11.6 Å². The van der Waals surface area contributed by atoms with Crippen molar-refractivity contribution >= 4 is 23.3 Å². The molecule has 1 fully saturated rings. The molecule has 0 bridgehead atoms. The number of likely N-dealkylation sites (N-methyl/N-ethyl adjacent to an activating group) is 1. The number of pyridine rings is 1. The molecule has 0 spiro atoms. The van der Waals surface area contributed by atoms with Gasteiger partial charge in [0.1, 0.15) is 5.82 Å². The second-order valence-electron chi connectivity index (χ2n) is 5.95. The van der Waals surface area contributed by atoms with Gasteiger partial charge in [-0.05, 0) is 24.3 Å². The molecule has 6 nitrogen and oxygen atoms in total. The summed E-state index contributed by atoms with van der Waals surface area (Å²) in [5.74, 6) is 0.608. The number of hydrogen-bond acceptors (Lipinski definition) is 4. The lowest BCUT2D eigenvalue weighted by molar-refractivity contribution is -0.126. The summed E-state index contributed by atoms with van der Waals surface area (Å²) in [6.07, 6.45) is 1.91. The average molecular weight is 324 g/mol. The van der Waals surface area contributed by atoms with Gasteiger partial charge in [-0.3, -0.25) is 9.59 Å². The fourth-order valence-corrected chi connectivity index (χ4v) is 2.73. The van der Waals surface area contributed by atoms with Crippen molar-refractivity contribution in [1.29, 1.82) is 0 Å². The van der Waals surface area contributed by atoms with Gasteiger partial charge in [0.25, 0.3) is 5.91 Å². The van der Waals surface area contributed by atoms with Crippen molar-refractivity contribution in [3.8, 4) is 0 Å². The van der Waals surface area contributed by atoms with Crippen LogP contribution in [0.5, 0.6) is 0 Å². The minimum absolute atomic E-state index is 0.0539. The Kier molecular flexibility index (Phi) is 4.46. The average Bonchev–Trinajstić information content (AvgIpc) is 2.92. The van der Waals surface area contributed by atoms with E-state index in [0.717, 1.165) is 11.5 Å². The Bertz CT molecular complexity index is 730. The number of carbonyl (C=O) groups is 2. The zero-order valence-corrected chi connectivity index (χ0v) is 13.8. The number of carbonyl (C=O) groups excluding carboxylic acids is 2. The zero-order valence-electron chi connectivity index (χ0n) is 13.8. The van der Waals surface area contributed by atoms with E-state index in [1.54, 1.807) is 24.2 Å². The molecule has 0 radical (unpaired) electrons. The first-order chi connectivity index (χ1) is 11.5. The summed E-state index contributed by atoms with van der Waals surface area (Å²) in [5.41, 5.74) is 1.51. The third kappa shape index (κ3) is 3.37. The Morgan fingerprint density at radius 2 is 2.00 bits per heavy atom. The number of nitrogens with one attached hydrogen (secondary N) is 1. The van der Waals surface area contributed by atoms with E-state index in [4.69, 9.17) is 0 Å². The molecular formula is C18H20N4O2. The molecule has 1 unspecified atom stereocenters. The number of aromatic nitrogens is 1. The Hall–Kier alpha value is -2.89. The number of nitrogens with zero attached hydrogens (tertiary/aromatic N) is 3. The molecule has 1 saturated heterocycles. The maximum Gasteiger partial charge on any atom is 0.253 e. The van der Waals surface area contributed by atoms with Crippen molar-refractivity contribution in [3.05, 3.63) is 54.2 Å². The fourth-order valence-electron chi connectivity index (χ4n) is 2.73. The highest BCUT2D eigenvalue weighted by molar-refractivity contribution is 5.95. The van der Waals surface area contributed by atoms with Crippen LogP contribution in [0.4, 0.5) is 11.5 Å². The zero-order chi connectivity index (χ0) is 17.1. The summed E-state index contributed by atoms with van der Waals surface area (Å²) in [6.45, 7) is 0.548. The molecule has 6 heteroatoms. The van der Waals surface area contributed by atoms with E-state index >= 15 is 0 Å². The van der Waals surface area contributed by atoms with Crippen molar-refractivity contribution in [2.24, 2.45) is 0 Å². The van der Waals surface area contributed by atoms with Gasteiger partial charge in [0, 0.05) is 38.9 Å². The van der Waals surface area contributed by atoms with Gasteiger partial charge in [-0.2, -0.15) is 0 Å². The van der Waals surface area contributed by atoms with Crippen molar-refractivity contribution in [3.63, 3.8) is 0 Å². The number of likely N-dealkylation sites (tertiary alicyclic amines) is 1. The predicted molar refractivity (Wildman–Crippen MR) is 92.3 cm³/mol. The summed E-state index contributed by atoms with van der Waals surface area (Å²) in [4.78, 5) is 31.7. The highest BCUT2D eigenvalue weighted by Gasteiger charge is 2.28. The largest absolute Gasteiger partial charge is 0.347 e. The van der Waals surface area contributed by atoms with E-state index in [2.05, 4.69) is 10.3 Å². The molecule has 1 aromatic heterocycles. The third-order valence-electron chi connectivity index (χ3n) is 4.17. The van der Waals surface area contributed by atoms with Gasteiger partial charge in [-0.25, -0.2) is 4.98 Å². The van der Waals surface area contributed by atoms with Crippen LogP contribution in [-0.4, -0.2) is 48.4 Å². The second kappa shape index (κ2) is 6.70. The van der Waals surface area contributed by atoms with Crippen molar-refractivity contribution in [1.82, 2.24) is 15.2 Å². The molecule has 1 aromatic carbocycles. The number of amides is 2. The van der Waals surface area contributed by atoms with Crippen molar-refractivity contribution < 1.29 is 9.59 Å². The quantitative estimate of drug-likeness (QED) is 0.931. The predicted octanol–water partition coefficient (Wildman–Crippen LogP) is 1.81. The Morgan fingerprint density at radius 3 is 2.58 bits per heavy atom. The molecular weight excluding hydrogens is 304 g/mol. The highest BCUT2D eigenvalue weighted by atomic mass is 16.2. The van der Waals surface area contributed by atoms with Crippen LogP contribution in [0, 0.1) is 0 Å². The van der Waals surface area contributed by atoms with Crippen LogP contribution >= 0.6 is 0 Å². The van der Waals surface area contributed by atoms with E-state index in [9.17, 15) is 9.59 Å². The lowest BCUT2D eigenvalue weighted by atomic mass is 10.2. The van der Waals surface area contributed by atoms with Crippen LogP contribution in [0.15, 0.2) is 48.7 Å². The second-order valence-corrected chi connectivity index (χ2v) is 5.95. The number of anilines is 2. The van der Waals surface area contributed by atoms with Crippen LogP contribution in [-0.2, 0) is 4.79 Å². The highest BCUT2D eigenvalue weighted by Crippen LogP contribution is 2.21. The molecule has 124 valence electrons. The molecule has 0 saturated carbocycles. The van der Waals surface area contributed by atoms with Crippen LogP contribution < -0.4 is 10.2 Å². The van der Waals surface area contributed by atoms with Gasteiger partial charge < -0.3 is 15.1 Å². The molecule has 24 heavy (non-hydrogen) atoms. The van der Waals surface area contributed by atoms with Crippen LogP contribution in [0.2, 0.25) is 0 Å². The molecule has 0 aliphatic carbocycles. The van der Waals surface area contributed by atoms with Gasteiger partial charge >= 0.3 is 0 Å². The van der Waals surface area contributed by atoms with Gasteiger partial charge in [0.2, 0.25) is 5.91 Å². The Labute approximate surface area is 141 Å². The fraction of sp³-hybridized carbons (Fsp3) is 0.278. The smallest absolute Gasteiger partial charge is 0.253 e. The van der Waals surface area contributed by atoms with E-state index in [1.807, 2.05) is 48.3 Å². The van der Waals surface area contributed by atoms with Crippen molar-refractivity contribution in [2.45, 2.75) is 12.5 Å². The van der Waals surface area contributed by atoms with Crippen LogP contribution in [0.25, 0.3) is 0 Å². The lowest BCUT2D eigenvalue weighted by Gasteiger charge is -2.18. The van der Waals surface area contributed by atoms with E-state index in [1.165, 1.54) is 0 Å².